The number of hydrogen-bond donors (Lipinski definition) is 3. The smallest absolute Gasteiger partial charge is 0.295 e. The summed E-state index contributed by atoms with van der Waals surface area (Å²) in [5, 5.41) is 9.08. The van der Waals surface area contributed by atoms with Crippen molar-refractivity contribution in [2.45, 2.75) is 4.90 Å². The maximum absolute atomic E-state index is 11.4. The molecular weight excluding hydrogens is 282 g/mol. The Morgan fingerprint density at radius 1 is 1.20 bits per heavy atom. The van der Waals surface area contributed by atoms with Gasteiger partial charge in [0.25, 0.3) is 10.1 Å². The molecule has 0 spiro atoms. The predicted octanol–water partition coefficient (Wildman–Crippen LogP) is 0.426. The standard InChI is InChI=1S/C11H9N5O3S/c12-5-7-9(15-11(14)16-10(7)13)6-3-1-2-4-8(6)20(17,18)19/h1-4H,(H,17,18,19)(H4,13,14,15,16). The van der Waals surface area contributed by atoms with Gasteiger partial charge in [-0.2, -0.15) is 18.7 Å². The molecule has 1 aromatic heterocycles. The van der Waals surface area contributed by atoms with Crippen molar-refractivity contribution < 1.29 is 13.0 Å². The average Bonchev–Trinajstić information content (AvgIpc) is 2.37. The van der Waals surface area contributed by atoms with E-state index in [-0.39, 0.29) is 28.6 Å². The van der Waals surface area contributed by atoms with Crippen LogP contribution in [-0.2, 0) is 10.1 Å². The first-order chi connectivity index (χ1) is 9.34. The number of hydrogen-bond acceptors (Lipinski definition) is 7. The normalized spacial score (nSPS) is 11.0. The van der Waals surface area contributed by atoms with Crippen molar-refractivity contribution in [1.29, 1.82) is 5.26 Å². The summed E-state index contributed by atoms with van der Waals surface area (Å²) in [6.45, 7) is 0. The van der Waals surface area contributed by atoms with Crippen LogP contribution in [0.3, 0.4) is 0 Å². The van der Waals surface area contributed by atoms with Crippen LogP contribution < -0.4 is 11.5 Å². The molecule has 20 heavy (non-hydrogen) atoms. The van der Waals surface area contributed by atoms with Crippen LogP contribution in [0.2, 0.25) is 0 Å². The van der Waals surface area contributed by atoms with E-state index < -0.39 is 15.0 Å². The zero-order valence-electron chi connectivity index (χ0n) is 9.98. The average molecular weight is 291 g/mol. The van der Waals surface area contributed by atoms with E-state index in [2.05, 4.69) is 9.97 Å². The lowest BCUT2D eigenvalue weighted by Crippen LogP contribution is -2.07. The van der Waals surface area contributed by atoms with Crippen molar-refractivity contribution in [2.75, 3.05) is 11.5 Å². The minimum atomic E-state index is -4.48. The van der Waals surface area contributed by atoms with E-state index in [1.807, 2.05) is 0 Å². The minimum Gasteiger partial charge on any atom is -0.382 e. The monoisotopic (exact) mass is 291 g/mol. The highest BCUT2D eigenvalue weighted by Gasteiger charge is 2.21. The molecule has 2 aromatic rings. The van der Waals surface area contributed by atoms with Gasteiger partial charge in [-0.1, -0.05) is 18.2 Å². The summed E-state index contributed by atoms with van der Waals surface area (Å²) in [5.74, 6) is -0.373. The summed E-state index contributed by atoms with van der Waals surface area (Å²) in [4.78, 5) is 7.08. The number of aromatic nitrogens is 2. The molecule has 0 aliphatic heterocycles. The Kier molecular flexibility index (Phi) is 3.27. The Morgan fingerprint density at radius 2 is 1.85 bits per heavy atom. The first-order valence-electron chi connectivity index (χ1n) is 5.24. The van der Waals surface area contributed by atoms with Gasteiger partial charge in [0.1, 0.15) is 22.3 Å². The second-order valence-electron chi connectivity index (χ2n) is 3.77. The van der Waals surface area contributed by atoms with Gasteiger partial charge >= 0.3 is 0 Å². The van der Waals surface area contributed by atoms with Gasteiger partial charge in [0, 0.05) is 5.56 Å². The molecule has 0 aliphatic carbocycles. The maximum atomic E-state index is 11.4. The van der Waals surface area contributed by atoms with E-state index >= 15 is 0 Å². The first-order valence-corrected chi connectivity index (χ1v) is 6.68. The molecular formula is C11H9N5O3S. The molecule has 0 atom stereocenters. The van der Waals surface area contributed by atoms with Gasteiger partial charge in [-0.15, -0.1) is 0 Å². The summed E-state index contributed by atoms with van der Waals surface area (Å²) < 4.78 is 31.9. The van der Waals surface area contributed by atoms with Crippen LogP contribution in [0.1, 0.15) is 5.56 Å². The van der Waals surface area contributed by atoms with Gasteiger partial charge in [-0.25, -0.2) is 4.98 Å². The second-order valence-corrected chi connectivity index (χ2v) is 5.16. The van der Waals surface area contributed by atoms with E-state index in [9.17, 15) is 13.0 Å². The van der Waals surface area contributed by atoms with Crippen LogP contribution >= 0.6 is 0 Å². The highest BCUT2D eigenvalue weighted by molar-refractivity contribution is 7.86. The summed E-state index contributed by atoms with van der Waals surface area (Å²) in [5.41, 5.74) is 10.9. The zero-order valence-corrected chi connectivity index (χ0v) is 10.8. The third-order valence-corrected chi connectivity index (χ3v) is 3.40. The van der Waals surface area contributed by atoms with Crippen LogP contribution in [0.5, 0.6) is 0 Å². The lowest BCUT2D eigenvalue weighted by Gasteiger charge is -2.09. The number of nitrogen functional groups attached to an aromatic ring is 2. The van der Waals surface area contributed by atoms with Gasteiger partial charge in [0.2, 0.25) is 5.95 Å². The number of anilines is 2. The summed E-state index contributed by atoms with van der Waals surface area (Å²) >= 11 is 0. The number of nitrogens with two attached hydrogens (primary N) is 2. The van der Waals surface area contributed by atoms with Gasteiger partial charge < -0.3 is 11.5 Å². The molecule has 2 rings (SSSR count). The molecule has 5 N–H and O–H groups in total. The molecule has 102 valence electrons. The molecule has 0 aliphatic rings. The number of benzene rings is 1. The summed E-state index contributed by atoms with van der Waals surface area (Å²) in [7, 11) is -4.48. The van der Waals surface area contributed by atoms with E-state index in [0.717, 1.165) is 0 Å². The Bertz CT molecular complexity index is 826. The zero-order chi connectivity index (χ0) is 14.9. The quantitative estimate of drug-likeness (QED) is 0.672. The maximum Gasteiger partial charge on any atom is 0.295 e. The van der Waals surface area contributed by atoms with Crippen LogP contribution in [-0.4, -0.2) is 22.9 Å². The summed E-state index contributed by atoms with van der Waals surface area (Å²) in [6, 6.07) is 7.30. The second kappa shape index (κ2) is 4.76. The Balaban J connectivity index is 2.87. The fourth-order valence-electron chi connectivity index (χ4n) is 1.69. The summed E-state index contributed by atoms with van der Waals surface area (Å²) in [6.07, 6.45) is 0. The molecule has 0 saturated heterocycles. The lowest BCUT2D eigenvalue weighted by atomic mass is 10.1. The van der Waals surface area contributed by atoms with Crippen LogP contribution in [0.25, 0.3) is 11.3 Å². The van der Waals surface area contributed by atoms with Gasteiger partial charge in [0.05, 0.1) is 5.69 Å². The fourth-order valence-corrected chi connectivity index (χ4v) is 2.38. The molecule has 0 unspecified atom stereocenters. The minimum absolute atomic E-state index is 0.0207. The molecule has 8 nitrogen and oxygen atoms in total. The van der Waals surface area contributed by atoms with Gasteiger partial charge in [-0.05, 0) is 6.07 Å². The lowest BCUT2D eigenvalue weighted by molar-refractivity contribution is 0.483. The largest absolute Gasteiger partial charge is 0.382 e. The number of nitrogens with zero attached hydrogens (tertiary/aromatic N) is 3. The van der Waals surface area contributed by atoms with E-state index in [1.165, 1.54) is 24.3 Å². The molecule has 9 heteroatoms. The molecule has 1 aromatic carbocycles. The predicted molar refractivity (Wildman–Crippen MR) is 70.8 cm³/mol. The molecule has 0 fully saturated rings. The van der Waals surface area contributed by atoms with E-state index in [1.54, 1.807) is 6.07 Å². The van der Waals surface area contributed by atoms with Gasteiger partial charge in [0.15, 0.2) is 0 Å². The van der Waals surface area contributed by atoms with Gasteiger partial charge in [-0.3, -0.25) is 4.55 Å². The molecule has 0 radical (unpaired) electrons. The van der Waals surface area contributed by atoms with Crippen molar-refractivity contribution in [3.05, 3.63) is 29.8 Å². The van der Waals surface area contributed by atoms with Crippen LogP contribution in [0.15, 0.2) is 29.2 Å². The number of rotatable bonds is 2. The van der Waals surface area contributed by atoms with E-state index in [0.29, 0.717) is 0 Å². The topological polar surface area (TPSA) is 156 Å². The molecule has 1 heterocycles. The van der Waals surface area contributed by atoms with Crippen LogP contribution in [0.4, 0.5) is 11.8 Å². The molecule has 0 bridgehead atoms. The Labute approximate surface area is 114 Å². The first kappa shape index (κ1) is 13.7. The molecule has 0 amide bonds. The molecule has 0 saturated carbocycles. The van der Waals surface area contributed by atoms with Crippen LogP contribution in [0, 0.1) is 11.3 Å². The van der Waals surface area contributed by atoms with Crippen molar-refractivity contribution in [2.24, 2.45) is 0 Å². The highest BCUT2D eigenvalue weighted by atomic mass is 32.2. The highest BCUT2D eigenvalue weighted by Crippen LogP contribution is 2.30. The van der Waals surface area contributed by atoms with Crippen molar-refractivity contribution >= 4 is 21.9 Å². The Hall–Kier alpha value is -2.70. The van der Waals surface area contributed by atoms with Crippen molar-refractivity contribution in [3.8, 4) is 17.3 Å². The number of nitriles is 1. The third-order valence-electron chi connectivity index (χ3n) is 2.49. The van der Waals surface area contributed by atoms with E-state index in [4.69, 9.17) is 16.7 Å². The fraction of sp³-hybridized carbons (Fsp3) is 0. The Morgan fingerprint density at radius 3 is 2.45 bits per heavy atom. The third kappa shape index (κ3) is 2.37. The van der Waals surface area contributed by atoms with Crippen molar-refractivity contribution in [3.63, 3.8) is 0 Å². The SMILES string of the molecule is N#Cc1c(N)nc(N)nc1-c1ccccc1S(=O)(=O)O. The van der Waals surface area contributed by atoms with Crippen molar-refractivity contribution in [1.82, 2.24) is 9.97 Å².